The van der Waals surface area contributed by atoms with Crippen molar-refractivity contribution in [3.63, 3.8) is 0 Å². The second-order valence-corrected chi connectivity index (χ2v) is 6.72. The zero-order valence-corrected chi connectivity index (χ0v) is 14.2. The van der Waals surface area contributed by atoms with Gasteiger partial charge in [-0.15, -0.1) is 11.3 Å². The third-order valence-corrected chi connectivity index (χ3v) is 4.98. The predicted octanol–water partition coefficient (Wildman–Crippen LogP) is 2.95. The van der Waals surface area contributed by atoms with Crippen LogP contribution in [0.5, 0.6) is 0 Å². The lowest BCUT2D eigenvalue weighted by molar-refractivity contribution is 0.879. The van der Waals surface area contributed by atoms with Crippen LogP contribution in [0.15, 0.2) is 15.9 Å². The highest BCUT2D eigenvalue weighted by molar-refractivity contribution is 9.10. The minimum Gasteiger partial charge on any atom is -0.357 e. The standard InChI is InChI=1S/C13H17BrN6S/c1-15-11-17-12(16-7-10-6-9(14)8-21-10)19-13(18-11)20-4-2-3-5-20/h6,8H,2-5,7H2,1H3,(H2,15,16,17,18,19). The number of nitrogens with one attached hydrogen (secondary N) is 2. The largest absolute Gasteiger partial charge is 0.357 e. The summed E-state index contributed by atoms with van der Waals surface area (Å²) in [5, 5.41) is 8.34. The molecule has 1 aliphatic heterocycles. The van der Waals surface area contributed by atoms with Gasteiger partial charge in [-0.2, -0.15) is 15.0 Å². The van der Waals surface area contributed by atoms with Crippen LogP contribution in [0.25, 0.3) is 0 Å². The van der Waals surface area contributed by atoms with Crippen LogP contribution in [0.2, 0.25) is 0 Å². The molecule has 3 heterocycles. The molecule has 112 valence electrons. The molecule has 0 aromatic carbocycles. The van der Waals surface area contributed by atoms with Crippen LogP contribution in [-0.4, -0.2) is 35.1 Å². The molecule has 0 amide bonds. The van der Waals surface area contributed by atoms with Gasteiger partial charge in [-0.05, 0) is 34.8 Å². The smallest absolute Gasteiger partial charge is 0.231 e. The maximum Gasteiger partial charge on any atom is 0.231 e. The quantitative estimate of drug-likeness (QED) is 0.845. The average Bonchev–Trinajstić information content (AvgIpc) is 3.16. The SMILES string of the molecule is CNc1nc(NCc2cc(Br)cs2)nc(N2CCCC2)n1. The Balaban J connectivity index is 1.75. The summed E-state index contributed by atoms with van der Waals surface area (Å²) in [6, 6.07) is 2.10. The van der Waals surface area contributed by atoms with Crippen LogP contribution in [0.3, 0.4) is 0 Å². The van der Waals surface area contributed by atoms with Gasteiger partial charge < -0.3 is 15.5 Å². The third kappa shape index (κ3) is 3.62. The van der Waals surface area contributed by atoms with Crippen LogP contribution in [-0.2, 0) is 6.54 Å². The maximum atomic E-state index is 4.53. The first-order valence-electron chi connectivity index (χ1n) is 6.90. The summed E-state index contributed by atoms with van der Waals surface area (Å²) in [5.41, 5.74) is 0. The number of hydrogen-bond acceptors (Lipinski definition) is 7. The number of thiophene rings is 1. The van der Waals surface area contributed by atoms with E-state index in [1.807, 2.05) is 7.05 Å². The van der Waals surface area contributed by atoms with E-state index in [9.17, 15) is 0 Å². The first-order chi connectivity index (χ1) is 10.2. The second kappa shape index (κ2) is 6.57. The van der Waals surface area contributed by atoms with Crippen molar-refractivity contribution >= 4 is 45.1 Å². The topological polar surface area (TPSA) is 66.0 Å². The zero-order valence-electron chi connectivity index (χ0n) is 11.8. The van der Waals surface area contributed by atoms with Gasteiger partial charge in [0.15, 0.2) is 0 Å². The first-order valence-corrected chi connectivity index (χ1v) is 8.57. The molecule has 1 saturated heterocycles. The minimum atomic E-state index is 0.599. The van der Waals surface area contributed by atoms with E-state index >= 15 is 0 Å². The molecule has 2 N–H and O–H groups in total. The Morgan fingerprint density at radius 2 is 2.00 bits per heavy atom. The van der Waals surface area contributed by atoms with E-state index in [2.05, 4.69) is 57.9 Å². The number of aromatic nitrogens is 3. The average molecular weight is 369 g/mol. The van der Waals surface area contributed by atoms with Gasteiger partial charge in [-0.25, -0.2) is 0 Å². The molecule has 0 spiro atoms. The Hall–Kier alpha value is -1.41. The summed E-state index contributed by atoms with van der Waals surface area (Å²) in [7, 11) is 1.82. The molecule has 0 bridgehead atoms. The Morgan fingerprint density at radius 1 is 1.24 bits per heavy atom. The van der Waals surface area contributed by atoms with E-state index in [0.29, 0.717) is 18.4 Å². The molecule has 0 atom stereocenters. The molecule has 0 radical (unpaired) electrons. The maximum absolute atomic E-state index is 4.53. The van der Waals surface area contributed by atoms with Crippen molar-refractivity contribution in [2.45, 2.75) is 19.4 Å². The Morgan fingerprint density at radius 3 is 2.67 bits per heavy atom. The van der Waals surface area contributed by atoms with Crippen molar-refractivity contribution in [3.05, 3.63) is 20.8 Å². The van der Waals surface area contributed by atoms with Gasteiger partial charge >= 0.3 is 0 Å². The van der Waals surface area contributed by atoms with E-state index in [4.69, 9.17) is 0 Å². The lowest BCUT2D eigenvalue weighted by Gasteiger charge is -2.16. The highest BCUT2D eigenvalue weighted by atomic mass is 79.9. The normalized spacial score (nSPS) is 14.5. The molecule has 0 saturated carbocycles. The van der Waals surface area contributed by atoms with Crippen molar-refractivity contribution in [1.29, 1.82) is 0 Å². The lowest BCUT2D eigenvalue weighted by atomic mass is 10.4. The van der Waals surface area contributed by atoms with Gasteiger partial charge in [-0.3, -0.25) is 0 Å². The summed E-state index contributed by atoms with van der Waals surface area (Å²) in [6.07, 6.45) is 2.40. The molecule has 8 heteroatoms. The van der Waals surface area contributed by atoms with Crippen LogP contribution >= 0.6 is 27.3 Å². The van der Waals surface area contributed by atoms with Crippen molar-refractivity contribution in [2.75, 3.05) is 35.7 Å². The van der Waals surface area contributed by atoms with E-state index < -0.39 is 0 Å². The first kappa shape index (κ1) is 14.5. The fourth-order valence-corrected chi connectivity index (χ4v) is 3.62. The van der Waals surface area contributed by atoms with E-state index in [0.717, 1.165) is 23.5 Å². The Labute approximate surface area is 136 Å². The summed E-state index contributed by atoms with van der Waals surface area (Å²) in [4.78, 5) is 16.8. The van der Waals surface area contributed by atoms with Crippen molar-refractivity contribution in [3.8, 4) is 0 Å². The molecule has 0 unspecified atom stereocenters. The molecule has 2 aromatic heterocycles. The molecule has 1 aliphatic rings. The fourth-order valence-electron chi connectivity index (χ4n) is 2.23. The molecule has 6 nitrogen and oxygen atoms in total. The minimum absolute atomic E-state index is 0.599. The zero-order chi connectivity index (χ0) is 14.7. The predicted molar refractivity (Wildman–Crippen MR) is 90.2 cm³/mol. The molecule has 0 aliphatic carbocycles. The molecular weight excluding hydrogens is 352 g/mol. The highest BCUT2D eigenvalue weighted by Crippen LogP contribution is 2.22. The summed E-state index contributed by atoms with van der Waals surface area (Å²) < 4.78 is 1.11. The summed E-state index contributed by atoms with van der Waals surface area (Å²) in [5.74, 6) is 1.96. The summed E-state index contributed by atoms with van der Waals surface area (Å²) in [6.45, 7) is 2.75. The van der Waals surface area contributed by atoms with Crippen molar-refractivity contribution in [2.24, 2.45) is 0 Å². The van der Waals surface area contributed by atoms with E-state index in [1.165, 1.54) is 17.7 Å². The van der Waals surface area contributed by atoms with Crippen LogP contribution < -0.4 is 15.5 Å². The lowest BCUT2D eigenvalue weighted by Crippen LogP contribution is -2.22. The molecule has 1 fully saturated rings. The van der Waals surface area contributed by atoms with Gasteiger partial charge in [0.2, 0.25) is 17.8 Å². The molecule has 3 rings (SSSR count). The number of halogens is 1. The van der Waals surface area contributed by atoms with Gasteiger partial charge in [0.1, 0.15) is 0 Å². The monoisotopic (exact) mass is 368 g/mol. The summed E-state index contributed by atoms with van der Waals surface area (Å²) >= 11 is 5.16. The fraction of sp³-hybridized carbons (Fsp3) is 0.462. The number of rotatable bonds is 5. The number of anilines is 3. The van der Waals surface area contributed by atoms with E-state index in [-0.39, 0.29) is 0 Å². The van der Waals surface area contributed by atoms with Crippen LogP contribution in [0.1, 0.15) is 17.7 Å². The van der Waals surface area contributed by atoms with Crippen LogP contribution in [0, 0.1) is 0 Å². The van der Waals surface area contributed by atoms with Crippen LogP contribution in [0.4, 0.5) is 17.8 Å². The number of hydrogen-bond donors (Lipinski definition) is 2. The van der Waals surface area contributed by atoms with Gasteiger partial charge in [0, 0.05) is 34.9 Å². The van der Waals surface area contributed by atoms with Gasteiger partial charge in [-0.1, -0.05) is 0 Å². The molecular formula is C13H17BrN6S. The molecule has 2 aromatic rings. The van der Waals surface area contributed by atoms with Gasteiger partial charge in [0.25, 0.3) is 0 Å². The van der Waals surface area contributed by atoms with E-state index in [1.54, 1.807) is 11.3 Å². The second-order valence-electron chi connectivity index (χ2n) is 4.81. The van der Waals surface area contributed by atoms with Gasteiger partial charge in [0.05, 0.1) is 6.54 Å². The van der Waals surface area contributed by atoms with Crippen molar-refractivity contribution in [1.82, 2.24) is 15.0 Å². The highest BCUT2D eigenvalue weighted by Gasteiger charge is 2.17. The number of nitrogens with zero attached hydrogens (tertiary/aromatic N) is 4. The Bertz CT molecular complexity index is 610. The Kier molecular flexibility index (Phi) is 4.54. The molecule has 21 heavy (non-hydrogen) atoms. The van der Waals surface area contributed by atoms with Crippen molar-refractivity contribution < 1.29 is 0 Å². The third-order valence-electron chi connectivity index (χ3n) is 3.28.